The minimum absolute atomic E-state index is 0.0474. The number of nitrogens with zero attached hydrogens (tertiary/aromatic N) is 1. The molecule has 2 aromatic carbocycles. The van der Waals surface area contributed by atoms with Crippen LogP contribution in [0.1, 0.15) is 22.9 Å². The highest BCUT2D eigenvalue weighted by Gasteiger charge is 2.47. The lowest BCUT2D eigenvalue weighted by Crippen LogP contribution is -2.32. The minimum Gasteiger partial charge on any atom is -0.507 e. The molecule has 4 rings (SSSR count). The number of benzene rings is 2. The number of H-pyrrole nitrogens is 1. The summed E-state index contributed by atoms with van der Waals surface area (Å²) in [4.78, 5) is 30.7. The van der Waals surface area contributed by atoms with E-state index in [0.717, 1.165) is 22.2 Å². The van der Waals surface area contributed by atoms with E-state index in [9.17, 15) is 14.7 Å². The number of ether oxygens (including phenoxy) is 1. The summed E-state index contributed by atoms with van der Waals surface area (Å²) in [6.45, 7) is 2.38. The van der Waals surface area contributed by atoms with Crippen molar-refractivity contribution in [2.75, 3.05) is 20.3 Å². The Hall–Kier alpha value is -3.09. The monoisotopic (exact) mass is 424 g/mol. The van der Waals surface area contributed by atoms with E-state index in [0.29, 0.717) is 10.6 Å². The number of para-hydroxylation sites is 1. The summed E-state index contributed by atoms with van der Waals surface area (Å²) in [5.74, 6) is -1.63. The number of methoxy groups -OCH3 is 1. The van der Waals surface area contributed by atoms with Gasteiger partial charge >= 0.3 is 0 Å². The Balaban J connectivity index is 1.98. The number of fused-ring (bicyclic) bond motifs is 1. The number of hydrogen-bond donors (Lipinski definition) is 2. The van der Waals surface area contributed by atoms with Gasteiger partial charge in [0.05, 0.1) is 18.2 Å². The summed E-state index contributed by atoms with van der Waals surface area (Å²) in [7, 11) is 1.54. The van der Waals surface area contributed by atoms with E-state index in [2.05, 4.69) is 4.98 Å². The third kappa shape index (κ3) is 3.28. The summed E-state index contributed by atoms with van der Waals surface area (Å²) >= 11 is 6.08. The molecule has 0 spiro atoms. The van der Waals surface area contributed by atoms with Crippen molar-refractivity contribution in [3.05, 3.63) is 75.9 Å². The number of aryl methyl sites for hydroxylation is 1. The quantitative estimate of drug-likeness (QED) is 0.365. The van der Waals surface area contributed by atoms with Gasteiger partial charge < -0.3 is 19.7 Å². The number of aliphatic hydroxyl groups excluding tert-OH is 1. The van der Waals surface area contributed by atoms with Crippen LogP contribution in [0.2, 0.25) is 5.02 Å². The maximum Gasteiger partial charge on any atom is 0.295 e. The molecule has 154 valence electrons. The molecule has 1 fully saturated rings. The highest BCUT2D eigenvalue weighted by Crippen LogP contribution is 2.43. The number of aliphatic hydroxyl groups is 1. The van der Waals surface area contributed by atoms with Gasteiger partial charge in [-0.05, 0) is 25.1 Å². The molecule has 6 nitrogen and oxygen atoms in total. The lowest BCUT2D eigenvalue weighted by molar-refractivity contribution is -0.140. The van der Waals surface area contributed by atoms with Crippen molar-refractivity contribution in [3.8, 4) is 0 Å². The van der Waals surface area contributed by atoms with Gasteiger partial charge in [0.1, 0.15) is 5.76 Å². The van der Waals surface area contributed by atoms with Crippen molar-refractivity contribution in [2.45, 2.75) is 13.0 Å². The number of ketones is 1. The summed E-state index contributed by atoms with van der Waals surface area (Å²) in [5, 5.41) is 12.4. The van der Waals surface area contributed by atoms with Gasteiger partial charge in [-0.1, -0.05) is 41.9 Å². The van der Waals surface area contributed by atoms with Gasteiger partial charge in [0.25, 0.3) is 11.7 Å². The predicted octanol–water partition coefficient (Wildman–Crippen LogP) is 4.20. The van der Waals surface area contributed by atoms with Gasteiger partial charge in [0.2, 0.25) is 0 Å². The van der Waals surface area contributed by atoms with Crippen LogP contribution in [0.4, 0.5) is 0 Å². The molecule has 1 aliphatic heterocycles. The zero-order valence-corrected chi connectivity index (χ0v) is 17.4. The lowest BCUT2D eigenvalue weighted by atomic mass is 9.93. The Morgan fingerprint density at radius 3 is 2.70 bits per heavy atom. The highest BCUT2D eigenvalue weighted by molar-refractivity contribution is 6.46. The Morgan fingerprint density at radius 2 is 1.97 bits per heavy atom. The number of Topliss-reactive ketones (excluding diaryl/α,β-unsaturated/α-hetero) is 1. The first-order valence-corrected chi connectivity index (χ1v) is 9.92. The second-order valence-electron chi connectivity index (χ2n) is 7.20. The number of amides is 1. The summed E-state index contributed by atoms with van der Waals surface area (Å²) in [6.07, 6.45) is 0. The SMILES string of the molecule is COCCN1C(=O)C(=O)/C(=C(/O)c2cccc(Cl)c2)C1c1c(C)[nH]c2ccccc12. The number of likely N-dealkylation sites (tertiary alicyclic amines) is 1. The maximum absolute atomic E-state index is 13.0. The van der Waals surface area contributed by atoms with Gasteiger partial charge in [-0.25, -0.2) is 0 Å². The van der Waals surface area contributed by atoms with E-state index in [4.69, 9.17) is 16.3 Å². The van der Waals surface area contributed by atoms with Crippen LogP contribution < -0.4 is 0 Å². The number of halogens is 1. The summed E-state index contributed by atoms with van der Waals surface area (Å²) in [6, 6.07) is 13.5. The van der Waals surface area contributed by atoms with Gasteiger partial charge in [0.15, 0.2) is 0 Å². The standard InChI is InChI=1S/C23H21ClN2O4/c1-13-18(16-8-3-4-9-17(16)25-13)20-19(21(27)14-6-5-7-15(24)12-14)22(28)23(29)26(20)10-11-30-2/h3-9,12,20,25,27H,10-11H2,1-2H3/b21-19+. The fraction of sp³-hybridized carbons (Fsp3) is 0.217. The van der Waals surface area contributed by atoms with Crippen LogP contribution in [0.5, 0.6) is 0 Å². The van der Waals surface area contributed by atoms with E-state index in [-0.39, 0.29) is 24.5 Å². The van der Waals surface area contributed by atoms with Crippen molar-refractivity contribution >= 4 is 40.0 Å². The largest absolute Gasteiger partial charge is 0.507 e. The molecular weight excluding hydrogens is 404 g/mol. The summed E-state index contributed by atoms with van der Waals surface area (Å²) in [5.41, 5.74) is 2.93. The third-order valence-electron chi connectivity index (χ3n) is 5.39. The molecule has 0 saturated carbocycles. The molecule has 7 heteroatoms. The number of rotatable bonds is 5. The molecule has 1 aromatic heterocycles. The van der Waals surface area contributed by atoms with Crippen molar-refractivity contribution in [1.29, 1.82) is 0 Å². The zero-order chi connectivity index (χ0) is 21.4. The topological polar surface area (TPSA) is 82.6 Å². The van der Waals surface area contributed by atoms with Crippen LogP contribution in [0.25, 0.3) is 16.7 Å². The average molecular weight is 425 g/mol. The van der Waals surface area contributed by atoms with Crippen LogP contribution in [0, 0.1) is 6.92 Å². The van der Waals surface area contributed by atoms with Crippen LogP contribution in [-0.2, 0) is 14.3 Å². The maximum atomic E-state index is 13.0. The molecule has 1 atom stereocenters. The molecule has 1 saturated heterocycles. The normalized spacial score (nSPS) is 18.5. The summed E-state index contributed by atoms with van der Waals surface area (Å²) < 4.78 is 5.16. The fourth-order valence-electron chi connectivity index (χ4n) is 4.04. The molecule has 2 heterocycles. The Labute approximate surface area is 178 Å². The number of carbonyl (C=O) groups is 2. The number of nitrogens with one attached hydrogen (secondary N) is 1. The number of carbonyl (C=O) groups excluding carboxylic acids is 2. The van der Waals surface area contributed by atoms with E-state index in [1.54, 1.807) is 24.3 Å². The molecule has 2 N–H and O–H groups in total. The van der Waals surface area contributed by atoms with E-state index in [1.165, 1.54) is 12.0 Å². The Morgan fingerprint density at radius 1 is 1.20 bits per heavy atom. The molecule has 1 unspecified atom stereocenters. The third-order valence-corrected chi connectivity index (χ3v) is 5.63. The predicted molar refractivity (Wildman–Crippen MR) is 115 cm³/mol. The molecule has 0 bridgehead atoms. The second kappa shape index (κ2) is 7.97. The number of aromatic nitrogens is 1. The van der Waals surface area contributed by atoms with Crippen LogP contribution in [0.3, 0.4) is 0 Å². The van der Waals surface area contributed by atoms with E-state index >= 15 is 0 Å². The van der Waals surface area contributed by atoms with Gasteiger partial charge in [-0.3, -0.25) is 9.59 Å². The fourth-order valence-corrected chi connectivity index (χ4v) is 4.23. The van der Waals surface area contributed by atoms with Crippen LogP contribution >= 0.6 is 11.6 Å². The zero-order valence-electron chi connectivity index (χ0n) is 16.6. The van der Waals surface area contributed by atoms with Crippen LogP contribution in [0.15, 0.2) is 54.1 Å². The first kappa shape index (κ1) is 20.2. The lowest BCUT2D eigenvalue weighted by Gasteiger charge is -2.25. The van der Waals surface area contributed by atoms with Crippen molar-refractivity contribution in [3.63, 3.8) is 0 Å². The Kier molecular flexibility index (Phi) is 5.37. The minimum atomic E-state index is -0.740. The molecule has 1 amide bonds. The molecule has 0 aliphatic carbocycles. The molecule has 0 radical (unpaired) electrons. The van der Waals surface area contributed by atoms with Crippen molar-refractivity contribution in [2.24, 2.45) is 0 Å². The first-order valence-electron chi connectivity index (χ1n) is 9.54. The molecule has 30 heavy (non-hydrogen) atoms. The number of hydrogen-bond acceptors (Lipinski definition) is 4. The first-order chi connectivity index (χ1) is 14.4. The molecule has 1 aliphatic rings. The smallest absolute Gasteiger partial charge is 0.295 e. The van der Waals surface area contributed by atoms with E-state index < -0.39 is 17.7 Å². The van der Waals surface area contributed by atoms with Crippen molar-refractivity contribution in [1.82, 2.24) is 9.88 Å². The van der Waals surface area contributed by atoms with Gasteiger partial charge in [-0.2, -0.15) is 0 Å². The Bertz CT molecular complexity index is 1180. The van der Waals surface area contributed by atoms with Gasteiger partial charge in [0, 0.05) is 46.4 Å². The molecule has 3 aromatic rings. The molecular formula is C23H21ClN2O4. The van der Waals surface area contributed by atoms with Crippen molar-refractivity contribution < 1.29 is 19.4 Å². The second-order valence-corrected chi connectivity index (χ2v) is 7.64. The average Bonchev–Trinajstić information content (AvgIpc) is 3.19. The van der Waals surface area contributed by atoms with Crippen LogP contribution in [-0.4, -0.2) is 46.9 Å². The number of aromatic amines is 1. The highest BCUT2D eigenvalue weighted by atomic mass is 35.5. The van der Waals surface area contributed by atoms with E-state index in [1.807, 2.05) is 31.2 Å². The van der Waals surface area contributed by atoms with Gasteiger partial charge in [-0.15, -0.1) is 0 Å².